The van der Waals surface area contributed by atoms with Gasteiger partial charge in [-0.3, -0.25) is 0 Å². The average molecular weight is 210 g/mol. The van der Waals surface area contributed by atoms with Gasteiger partial charge in [-0.1, -0.05) is 53.9 Å². The van der Waals surface area contributed by atoms with E-state index in [4.69, 9.17) is 0 Å². The molecule has 0 spiro atoms. The van der Waals surface area contributed by atoms with E-state index in [1.165, 1.54) is 32.1 Å². The monoisotopic (exact) mass is 210 g/mol. The molecule has 0 saturated heterocycles. The molecule has 1 aliphatic carbocycles. The fourth-order valence-corrected chi connectivity index (χ4v) is 3.14. The molecule has 1 rings (SSSR count). The van der Waals surface area contributed by atoms with Crippen molar-refractivity contribution in [2.24, 2.45) is 29.6 Å². The van der Waals surface area contributed by atoms with Crippen molar-refractivity contribution < 1.29 is 0 Å². The number of rotatable bonds is 7. The van der Waals surface area contributed by atoms with Crippen molar-refractivity contribution in [1.29, 1.82) is 0 Å². The molecule has 0 heteroatoms. The Morgan fingerprint density at radius 3 is 2.13 bits per heavy atom. The lowest BCUT2D eigenvalue weighted by atomic mass is 9.85. The Kier molecular flexibility index (Phi) is 5.15. The molecule has 0 N–H and O–H groups in total. The Morgan fingerprint density at radius 1 is 1.07 bits per heavy atom. The highest BCUT2D eigenvalue weighted by atomic mass is 14.4. The van der Waals surface area contributed by atoms with Gasteiger partial charge in [-0.2, -0.15) is 0 Å². The summed E-state index contributed by atoms with van der Waals surface area (Å²) in [4.78, 5) is 0. The van der Waals surface area contributed by atoms with Crippen LogP contribution in [-0.2, 0) is 0 Å². The third-order valence-electron chi connectivity index (χ3n) is 4.69. The molecule has 0 bridgehead atoms. The molecule has 1 aliphatic rings. The maximum absolute atomic E-state index is 2.48. The molecule has 0 aromatic carbocycles. The Morgan fingerprint density at radius 2 is 1.73 bits per heavy atom. The van der Waals surface area contributed by atoms with E-state index in [1.54, 1.807) is 0 Å². The molecule has 4 atom stereocenters. The van der Waals surface area contributed by atoms with Crippen LogP contribution in [0.2, 0.25) is 0 Å². The fourth-order valence-electron chi connectivity index (χ4n) is 3.14. The SMILES string of the molecule is CCC(CCC(C)C1CC1CC)C(C)C. The van der Waals surface area contributed by atoms with Crippen molar-refractivity contribution in [1.82, 2.24) is 0 Å². The van der Waals surface area contributed by atoms with Crippen LogP contribution in [0.3, 0.4) is 0 Å². The minimum absolute atomic E-state index is 0.878. The van der Waals surface area contributed by atoms with Gasteiger partial charge >= 0.3 is 0 Å². The van der Waals surface area contributed by atoms with Crippen LogP contribution < -0.4 is 0 Å². The zero-order valence-electron chi connectivity index (χ0n) is 11.4. The van der Waals surface area contributed by atoms with E-state index in [0.29, 0.717) is 0 Å². The summed E-state index contributed by atoms with van der Waals surface area (Å²) in [7, 11) is 0. The summed E-state index contributed by atoms with van der Waals surface area (Å²) in [5.74, 6) is 5.00. The molecule has 0 aromatic rings. The zero-order valence-corrected chi connectivity index (χ0v) is 11.4. The summed E-state index contributed by atoms with van der Waals surface area (Å²) in [6.45, 7) is 11.9. The number of hydrogen-bond donors (Lipinski definition) is 0. The van der Waals surface area contributed by atoms with Crippen molar-refractivity contribution in [2.45, 2.75) is 66.7 Å². The maximum atomic E-state index is 2.48. The Balaban J connectivity index is 2.19. The lowest BCUT2D eigenvalue weighted by Gasteiger charge is -2.21. The Hall–Kier alpha value is 0. The second kappa shape index (κ2) is 5.92. The number of hydrogen-bond acceptors (Lipinski definition) is 0. The van der Waals surface area contributed by atoms with Gasteiger partial charge in [0, 0.05) is 0 Å². The second-order valence-corrected chi connectivity index (χ2v) is 6.03. The van der Waals surface area contributed by atoms with Crippen LogP contribution >= 0.6 is 0 Å². The topological polar surface area (TPSA) is 0 Å². The third kappa shape index (κ3) is 3.81. The summed E-state index contributed by atoms with van der Waals surface area (Å²) in [5.41, 5.74) is 0. The van der Waals surface area contributed by atoms with Crippen LogP contribution in [0.1, 0.15) is 66.7 Å². The van der Waals surface area contributed by atoms with Gasteiger partial charge in [-0.25, -0.2) is 0 Å². The van der Waals surface area contributed by atoms with E-state index in [-0.39, 0.29) is 0 Å². The van der Waals surface area contributed by atoms with E-state index in [0.717, 1.165) is 29.6 Å². The van der Waals surface area contributed by atoms with E-state index in [2.05, 4.69) is 34.6 Å². The first-order valence-corrected chi connectivity index (χ1v) is 7.10. The van der Waals surface area contributed by atoms with Crippen molar-refractivity contribution in [3.8, 4) is 0 Å². The molecule has 1 saturated carbocycles. The predicted molar refractivity (Wildman–Crippen MR) is 68.9 cm³/mol. The lowest BCUT2D eigenvalue weighted by Crippen LogP contribution is -2.10. The molecule has 1 fully saturated rings. The molecule has 0 radical (unpaired) electrons. The molecule has 0 aliphatic heterocycles. The van der Waals surface area contributed by atoms with E-state index in [1.807, 2.05) is 0 Å². The van der Waals surface area contributed by atoms with E-state index >= 15 is 0 Å². The van der Waals surface area contributed by atoms with Crippen LogP contribution in [0.5, 0.6) is 0 Å². The van der Waals surface area contributed by atoms with Gasteiger partial charge in [0.15, 0.2) is 0 Å². The van der Waals surface area contributed by atoms with Gasteiger partial charge in [0.05, 0.1) is 0 Å². The van der Waals surface area contributed by atoms with Gasteiger partial charge < -0.3 is 0 Å². The summed E-state index contributed by atoms with van der Waals surface area (Å²) in [5, 5.41) is 0. The van der Waals surface area contributed by atoms with Crippen LogP contribution in [0.4, 0.5) is 0 Å². The predicted octanol–water partition coefficient (Wildman–Crippen LogP) is 5.13. The standard InChI is InChI=1S/C15H30/c1-6-13(11(3)4)9-8-12(5)15-10-14(15)7-2/h11-15H,6-10H2,1-5H3. The maximum Gasteiger partial charge on any atom is -0.0357 e. The summed E-state index contributed by atoms with van der Waals surface area (Å²) in [6, 6.07) is 0. The van der Waals surface area contributed by atoms with Crippen molar-refractivity contribution in [3.05, 3.63) is 0 Å². The molecule has 0 heterocycles. The Bertz CT molecular complexity index is 171. The fraction of sp³-hybridized carbons (Fsp3) is 1.00. The molecule has 0 amide bonds. The van der Waals surface area contributed by atoms with Crippen LogP contribution in [-0.4, -0.2) is 0 Å². The minimum Gasteiger partial charge on any atom is -0.0651 e. The van der Waals surface area contributed by atoms with Crippen molar-refractivity contribution in [2.75, 3.05) is 0 Å². The smallest absolute Gasteiger partial charge is 0.0357 e. The highest BCUT2D eigenvalue weighted by molar-refractivity contribution is 4.88. The molecular weight excluding hydrogens is 180 g/mol. The summed E-state index contributed by atoms with van der Waals surface area (Å²) >= 11 is 0. The van der Waals surface area contributed by atoms with Gasteiger partial charge in [0.25, 0.3) is 0 Å². The average Bonchev–Trinajstić information content (AvgIpc) is 2.96. The van der Waals surface area contributed by atoms with Gasteiger partial charge in [0.2, 0.25) is 0 Å². The Labute approximate surface area is 96.8 Å². The van der Waals surface area contributed by atoms with Crippen LogP contribution in [0, 0.1) is 29.6 Å². The highest BCUT2D eigenvalue weighted by Crippen LogP contribution is 2.48. The summed E-state index contributed by atoms with van der Waals surface area (Å²) < 4.78 is 0. The highest BCUT2D eigenvalue weighted by Gasteiger charge is 2.38. The van der Waals surface area contributed by atoms with Gasteiger partial charge in [-0.15, -0.1) is 0 Å². The third-order valence-corrected chi connectivity index (χ3v) is 4.69. The summed E-state index contributed by atoms with van der Waals surface area (Å²) in [6.07, 6.45) is 7.24. The minimum atomic E-state index is 0.878. The van der Waals surface area contributed by atoms with Crippen LogP contribution in [0.15, 0.2) is 0 Å². The van der Waals surface area contributed by atoms with Crippen LogP contribution in [0.25, 0.3) is 0 Å². The first kappa shape index (κ1) is 13.1. The molecule has 4 unspecified atom stereocenters. The molecule has 0 aromatic heterocycles. The van der Waals surface area contributed by atoms with Crippen molar-refractivity contribution in [3.63, 3.8) is 0 Å². The largest absolute Gasteiger partial charge is 0.0651 e. The molecule has 15 heavy (non-hydrogen) atoms. The quantitative estimate of drug-likeness (QED) is 0.546. The zero-order chi connectivity index (χ0) is 11.4. The molecule has 0 nitrogen and oxygen atoms in total. The van der Waals surface area contributed by atoms with E-state index in [9.17, 15) is 0 Å². The van der Waals surface area contributed by atoms with E-state index < -0.39 is 0 Å². The molecular formula is C15H30. The normalized spacial score (nSPS) is 29.2. The molecule has 90 valence electrons. The lowest BCUT2D eigenvalue weighted by molar-refractivity contribution is 0.302. The first-order chi connectivity index (χ1) is 7.10. The van der Waals surface area contributed by atoms with Gasteiger partial charge in [0.1, 0.15) is 0 Å². The second-order valence-electron chi connectivity index (χ2n) is 6.03. The van der Waals surface area contributed by atoms with Crippen molar-refractivity contribution >= 4 is 0 Å². The van der Waals surface area contributed by atoms with Gasteiger partial charge in [-0.05, 0) is 42.4 Å². The first-order valence-electron chi connectivity index (χ1n) is 7.10.